The van der Waals surface area contributed by atoms with Crippen molar-refractivity contribution < 1.29 is 4.79 Å². The summed E-state index contributed by atoms with van der Waals surface area (Å²) in [6.07, 6.45) is 8.03. The first kappa shape index (κ1) is 15.2. The van der Waals surface area contributed by atoms with Crippen molar-refractivity contribution in [1.29, 1.82) is 0 Å². The molecule has 3 N–H and O–H groups in total. The van der Waals surface area contributed by atoms with E-state index < -0.39 is 0 Å². The van der Waals surface area contributed by atoms with Crippen molar-refractivity contribution in [3.8, 4) is 0 Å². The van der Waals surface area contributed by atoms with E-state index in [2.05, 4.69) is 11.4 Å². The lowest BCUT2D eigenvalue weighted by Gasteiger charge is -2.13. The Hall–Kier alpha value is -1.19. The second-order valence-electron chi connectivity index (χ2n) is 4.98. The summed E-state index contributed by atoms with van der Waals surface area (Å²) in [4.78, 5) is 12.0. The number of nitrogens with two attached hydrogens (primary N) is 1. The van der Waals surface area contributed by atoms with Crippen LogP contribution < -0.4 is 11.1 Å². The maximum atomic E-state index is 12.0. The fourth-order valence-corrected chi connectivity index (χ4v) is 2.65. The van der Waals surface area contributed by atoms with Crippen molar-refractivity contribution in [2.24, 2.45) is 0 Å². The van der Waals surface area contributed by atoms with E-state index >= 15 is 0 Å². The number of anilines is 1. The summed E-state index contributed by atoms with van der Waals surface area (Å²) in [6.45, 7) is 0.630. The molecule has 0 unspecified atom stereocenters. The Labute approximate surface area is 129 Å². The first-order valence-electron chi connectivity index (χ1n) is 6.78. The Morgan fingerprint density at radius 2 is 2.10 bits per heavy atom. The number of rotatable bonds is 4. The van der Waals surface area contributed by atoms with Gasteiger partial charge < -0.3 is 11.1 Å². The molecule has 0 saturated carbocycles. The molecule has 3 nitrogen and oxygen atoms in total. The number of amides is 1. The number of benzene rings is 1. The minimum atomic E-state index is -0.174. The van der Waals surface area contributed by atoms with Crippen LogP contribution in [0.2, 0.25) is 10.0 Å². The number of halogens is 2. The van der Waals surface area contributed by atoms with E-state index in [0.717, 1.165) is 19.3 Å². The third kappa shape index (κ3) is 3.90. The maximum absolute atomic E-state index is 12.0. The van der Waals surface area contributed by atoms with Gasteiger partial charge in [0.15, 0.2) is 0 Å². The second-order valence-corrected chi connectivity index (χ2v) is 5.76. The monoisotopic (exact) mass is 312 g/mol. The molecule has 0 atom stereocenters. The highest BCUT2D eigenvalue weighted by Crippen LogP contribution is 2.29. The smallest absolute Gasteiger partial charge is 0.251 e. The van der Waals surface area contributed by atoms with E-state index in [-0.39, 0.29) is 10.9 Å². The van der Waals surface area contributed by atoms with Gasteiger partial charge in [-0.05, 0) is 44.2 Å². The molecule has 0 fully saturated rings. The molecule has 0 saturated heterocycles. The number of carbonyl (C=O) groups excluding carboxylic acids is 1. The number of hydrogen-bond acceptors (Lipinski definition) is 2. The summed E-state index contributed by atoms with van der Waals surface area (Å²) in [6, 6.07) is 3.08. The minimum Gasteiger partial charge on any atom is -0.397 e. The van der Waals surface area contributed by atoms with Gasteiger partial charge in [0.1, 0.15) is 0 Å². The number of allylic oxidation sites excluding steroid dienone is 1. The number of nitrogens with one attached hydrogen (secondary N) is 1. The summed E-state index contributed by atoms with van der Waals surface area (Å²) < 4.78 is 0. The van der Waals surface area contributed by atoms with Crippen LogP contribution in [0, 0.1) is 0 Å². The topological polar surface area (TPSA) is 55.1 Å². The average molecular weight is 313 g/mol. The first-order chi connectivity index (χ1) is 9.58. The predicted octanol–water partition coefficient (Wildman–Crippen LogP) is 4.20. The van der Waals surface area contributed by atoms with Crippen molar-refractivity contribution in [3.63, 3.8) is 0 Å². The van der Waals surface area contributed by atoms with E-state index in [1.165, 1.54) is 24.5 Å². The molecule has 1 aromatic carbocycles. The third-order valence-corrected chi connectivity index (χ3v) is 4.25. The normalized spacial score (nSPS) is 14.8. The van der Waals surface area contributed by atoms with Crippen molar-refractivity contribution in [1.82, 2.24) is 5.32 Å². The fraction of sp³-hybridized carbons (Fsp3) is 0.400. The fourth-order valence-electron chi connectivity index (χ4n) is 2.31. The number of carbonyl (C=O) groups is 1. The molecule has 1 aliphatic rings. The molecular formula is C15H18Cl2N2O. The molecule has 1 amide bonds. The van der Waals surface area contributed by atoms with Crippen LogP contribution in [0.15, 0.2) is 23.8 Å². The standard InChI is InChI=1S/C15H18Cl2N2O/c16-12-8-11(9-13(18)14(12)17)15(20)19-7-6-10-4-2-1-3-5-10/h4,8-9H,1-3,5-7,18H2,(H,19,20). The van der Waals surface area contributed by atoms with Gasteiger partial charge in [-0.15, -0.1) is 0 Å². The molecule has 0 bridgehead atoms. The largest absolute Gasteiger partial charge is 0.397 e. The highest BCUT2D eigenvalue weighted by molar-refractivity contribution is 6.43. The van der Waals surface area contributed by atoms with E-state index in [1.54, 1.807) is 6.07 Å². The van der Waals surface area contributed by atoms with Gasteiger partial charge in [0, 0.05) is 12.1 Å². The molecule has 0 spiro atoms. The lowest BCUT2D eigenvalue weighted by molar-refractivity contribution is 0.0954. The maximum Gasteiger partial charge on any atom is 0.251 e. The Morgan fingerprint density at radius 1 is 1.30 bits per heavy atom. The zero-order valence-corrected chi connectivity index (χ0v) is 12.7. The van der Waals surface area contributed by atoms with Crippen molar-refractivity contribution >= 4 is 34.8 Å². The van der Waals surface area contributed by atoms with Gasteiger partial charge in [0.2, 0.25) is 0 Å². The van der Waals surface area contributed by atoms with Crippen molar-refractivity contribution in [2.45, 2.75) is 32.1 Å². The summed E-state index contributed by atoms with van der Waals surface area (Å²) in [5.74, 6) is -0.174. The summed E-state index contributed by atoms with van der Waals surface area (Å²) in [7, 11) is 0. The van der Waals surface area contributed by atoms with Crippen LogP contribution >= 0.6 is 23.2 Å². The van der Waals surface area contributed by atoms with Crippen LogP contribution in [0.1, 0.15) is 42.5 Å². The lowest BCUT2D eigenvalue weighted by atomic mass is 9.97. The molecule has 108 valence electrons. The molecule has 20 heavy (non-hydrogen) atoms. The summed E-state index contributed by atoms with van der Waals surface area (Å²) in [5, 5.41) is 3.47. The first-order valence-corrected chi connectivity index (χ1v) is 7.54. The molecule has 1 aromatic rings. The number of hydrogen-bond donors (Lipinski definition) is 2. The van der Waals surface area contributed by atoms with E-state index in [0.29, 0.717) is 22.8 Å². The predicted molar refractivity (Wildman–Crippen MR) is 84.4 cm³/mol. The third-order valence-electron chi connectivity index (χ3n) is 3.44. The van der Waals surface area contributed by atoms with Gasteiger partial charge in [-0.1, -0.05) is 34.9 Å². The van der Waals surface area contributed by atoms with Gasteiger partial charge in [-0.2, -0.15) is 0 Å². The van der Waals surface area contributed by atoms with Gasteiger partial charge in [0.25, 0.3) is 5.91 Å². The molecule has 0 aliphatic heterocycles. The van der Waals surface area contributed by atoms with Gasteiger partial charge in [0.05, 0.1) is 15.7 Å². The Kier molecular flexibility index (Phi) is 5.32. The quantitative estimate of drug-likeness (QED) is 0.646. The zero-order valence-electron chi connectivity index (χ0n) is 11.2. The van der Waals surface area contributed by atoms with Crippen LogP contribution in [0.3, 0.4) is 0 Å². The Morgan fingerprint density at radius 3 is 2.75 bits per heavy atom. The second kappa shape index (κ2) is 7.00. The minimum absolute atomic E-state index is 0.174. The molecule has 5 heteroatoms. The molecule has 1 aliphatic carbocycles. The Balaban J connectivity index is 1.90. The summed E-state index contributed by atoms with van der Waals surface area (Å²) >= 11 is 11.8. The van der Waals surface area contributed by atoms with E-state index in [1.807, 2.05) is 0 Å². The van der Waals surface area contributed by atoms with E-state index in [9.17, 15) is 4.79 Å². The molecule has 0 aromatic heterocycles. The van der Waals surface area contributed by atoms with Crippen LogP contribution in [-0.4, -0.2) is 12.5 Å². The molecule has 0 heterocycles. The highest BCUT2D eigenvalue weighted by Gasteiger charge is 2.11. The average Bonchev–Trinajstić information content (AvgIpc) is 2.45. The van der Waals surface area contributed by atoms with Crippen molar-refractivity contribution in [3.05, 3.63) is 39.4 Å². The van der Waals surface area contributed by atoms with E-state index in [4.69, 9.17) is 28.9 Å². The SMILES string of the molecule is Nc1cc(C(=O)NCCC2=CCCCC2)cc(Cl)c1Cl. The molecule has 0 radical (unpaired) electrons. The van der Waals surface area contributed by atoms with Crippen LogP contribution in [-0.2, 0) is 0 Å². The van der Waals surface area contributed by atoms with Crippen LogP contribution in [0.4, 0.5) is 5.69 Å². The molecule has 2 rings (SSSR count). The highest BCUT2D eigenvalue weighted by atomic mass is 35.5. The summed E-state index contributed by atoms with van der Waals surface area (Å²) in [5.41, 5.74) is 7.89. The Bertz CT molecular complexity index is 518. The van der Waals surface area contributed by atoms with Crippen molar-refractivity contribution in [2.75, 3.05) is 12.3 Å². The van der Waals surface area contributed by atoms with Crippen LogP contribution in [0.5, 0.6) is 0 Å². The van der Waals surface area contributed by atoms with Gasteiger partial charge >= 0.3 is 0 Å². The van der Waals surface area contributed by atoms with Gasteiger partial charge in [-0.3, -0.25) is 4.79 Å². The van der Waals surface area contributed by atoms with Gasteiger partial charge in [-0.25, -0.2) is 0 Å². The van der Waals surface area contributed by atoms with Crippen LogP contribution in [0.25, 0.3) is 0 Å². The lowest BCUT2D eigenvalue weighted by Crippen LogP contribution is -2.25. The number of nitrogen functional groups attached to an aromatic ring is 1. The zero-order chi connectivity index (χ0) is 14.5. The molecular weight excluding hydrogens is 295 g/mol.